The highest BCUT2D eigenvalue weighted by atomic mass is 35.5. The highest BCUT2D eigenvalue weighted by Crippen LogP contribution is 2.11. The summed E-state index contributed by atoms with van der Waals surface area (Å²) in [7, 11) is 0. The molecule has 76 valence electrons. The summed E-state index contributed by atoms with van der Waals surface area (Å²) in [4.78, 5) is 17.6. The first-order valence-electron chi connectivity index (χ1n) is 3.84. The van der Waals surface area contributed by atoms with Gasteiger partial charge in [0.15, 0.2) is 0 Å². The van der Waals surface area contributed by atoms with Crippen molar-refractivity contribution in [2.75, 3.05) is 0 Å². The maximum Gasteiger partial charge on any atom is 0.307 e. The standard InChI is InChI=1S/C7H4ClN5O2/c8-5-1-9-7(10-2-5)12-4-6(3-11-12)13(14)15/h1-4H. The molecule has 0 atom stereocenters. The molecule has 7 nitrogen and oxygen atoms in total. The topological polar surface area (TPSA) is 86.7 Å². The first-order chi connectivity index (χ1) is 7.16. The van der Waals surface area contributed by atoms with Crippen molar-refractivity contribution in [3.05, 3.63) is 39.9 Å². The van der Waals surface area contributed by atoms with Crippen molar-refractivity contribution < 1.29 is 4.92 Å². The van der Waals surface area contributed by atoms with Gasteiger partial charge in [-0.3, -0.25) is 10.1 Å². The Morgan fingerprint density at radius 2 is 2.00 bits per heavy atom. The van der Waals surface area contributed by atoms with Crippen LogP contribution in [0, 0.1) is 10.1 Å². The lowest BCUT2D eigenvalue weighted by atomic mass is 10.6. The minimum absolute atomic E-state index is 0.117. The third kappa shape index (κ3) is 1.91. The Kier molecular flexibility index (Phi) is 2.30. The molecular formula is C7H4ClN5O2. The molecular weight excluding hydrogens is 222 g/mol. The number of aromatic nitrogens is 4. The van der Waals surface area contributed by atoms with Crippen LogP contribution in [0.3, 0.4) is 0 Å². The average Bonchev–Trinajstić information content (AvgIpc) is 2.68. The molecule has 0 aliphatic heterocycles. The van der Waals surface area contributed by atoms with Gasteiger partial charge in [-0.05, 0) is 0 Å². The van der Waals surface area contributed by atoms with E-state index in [9.17, 15) is 10.1 Å². The lowest BCUT2D eigenvalue weighted by Gasteiger charge is -1.96. The Labute approximate surface area is 88.5 Å². The predicted molar refractivity (Wildman–Crippen MR) is 50.8 cm³/mol. The monoisotopic (exact) mass is 225 g/mol. The second kappa shape index (κ2) is 3.62. The fraction of sp³-hybridized carbons (Fsp3) is 0. The highest BCUT2D eigenvalue weighted by molar-refractivity contribution is 6.30. The first-order valence-corrected chi connectivity index (χ1v) is 4.21. The molecule has 15 heavy (non-hydrogen) atoms. The van der Waals surface area contributed by atoms with E-state index in [-0.39, 0.29) is 11.6 Å². The van der Waals surface area contributed by atoms with Crippen molar-refractivity contribution in [3.8, 4) is 5.95 Å². The van der Waals surface area contributed by atoms with Crippen LogP contribution in [-0.2, 0) is 0 Å². The molecule has 0 unspecified atom stereocenters. The molecule has 2 rings (SSSR count). The van der Waals surface area contributed by atoms with E-state index in [1.165, 1.54) is 23.3 Å². The molecule has 2 aromatic rings. The molecule has 0 N–H and O–H groups in total. The van der Waals surface area contributed by atoms with Gasteiger partial charge in [0.05, 0.1) is 22.3 Å². The van der Waals surface area contributed by atoms with Crippen LogP contribution in [-0.4, -0.2) is 24.7 Å². The molecule has 2 heterocycles. The van der Waals surface area contributed by atoms with E-state index in [4.69, 9.17) is 11.6 Å². The third-order valence-corrected chi connectivity index (χ3v) is 1.79. The summed E-state index contributed by atoms with van der Waals surface area (Å²) in [6, 6.07) is 0. The van der Waals surface area contributed by atoms with Crippen molar-refractivity contribution >= 4 is 17.3 Å². The summed E-state index contributed by atoms with van der Waals surface area (Å²) in [5, 5.41) is 14.5. The molecule has 2 aromatic heterocycles. The van der Waals surface area contributed by atoms with Crippen LogP contribution in [0.15, 0.2) is 24.8 Å². The molecule has 0 aliphatic carbocycles. The maximum absolute atomic E-state index is 10.4. The van der Waals surface area contributed by atoms with Gasteiger partial charge in [-0.2, -0.15) is 9.78 Å². The molecule has 0 fully saturated rings. The summed E-state index contributed by atoms with van der Waals surface area (Å²) >= 11 is 5.59. The predicted octanol–water partition coefficient (Wildman–Crippen LogP) is 1.22. The number of nitrogens with zero attached hydrogens (tertiary/aromatic N) is 5. The SMILES string of the molecule is O=[N+]([O-])c1cnn(-c2ncc(Cl)cn2)c1. The van der Waals surface area contributed by atoms with Gasteiger partial charge in [0.1, 0.15) is 12.4 Å². The van der Waals surface area contributed by atoms with E-state index in [2.05, 4.69) is 15.1 Å². The molecule has 8 heteroatoms. The van der Waals surface area contributed by atoms with E-state index in [1.54, 1.807) is 0 Å². The minimum atomic E-state index is -0.542. The Balaban J connectivity index is 2.37. The highest BCUT2D eigenvalue weighted by Gasteiger charge is 2.10. The fourth-order valence-corrected chi connectivity index (χ4v) is 1.04. The van der Waals surface area contributed by atoms with Gasteiger partial charge in [0.25, 0.3) is 5.95 Å². The van der Waals surface area contributed by atoms with Gasteiger partial charge >= 0.3 is 5.69 Å². The van der Waals surface area contributed by atoms with Crippen molar-refractivity contribution in [3.63, 3.8) is 0 Å². The molecule has 0 spiro atoms. The van der Waals surface area contributed by atoms with E-state index in [0.29, 0.717) is 5.02 Å². The van der Waals surface area contributed by atoms with Crippen LogP contribution >= 0.6 is 11.6 Å². The second-order valence-electron chi connectivity index (χ2n) is 2.60. The summed E-state index contributed by atoms with van der Waals surface area (Å²) in [6.45, 7) is 0. The second-order valence-corrected chi connectivity index (χ2v) is 3.04. The Morgan fingerprint density at radius 3 is 2.53 bits per heavy atom. The van der Waals surface area contributed by atoms with E-state index in [0.717, 1.165) is 6.20 Å². The number of halogens is 1. The lowest BCUT2D eigenvalue weighted by Crippen LogP contribution is -2.00. The average molecular weight is 226 g/mol. The zero-order chi connectivity index (χ0) is 10.8. The van der Waals surface area contributed by atoms with Crippen LogP contribution in [0.5, 0.6) is 0 Å². The van der Waals surface area contributed by atoms with Gasteiger partial charge in [-0.1, -0.05) is 11.6 Å². The largest absolute Gasteiger partial charge is 0.307 e. The van der Waals surface area contributed by atoms with Crippen molar-refractivity contribution in [2.45, 2.75) is 0 Å². The van der Waals surface area contributed by atoms with Gasteiger partial charge in [-0.25, -0.2) is 9.97 Å². The summed E-state index contributed by atoms with van der Waals surface area (Å²) in [6.07, 6.45) is 5.12. The normalized spacial score (nSPS) is 10.2. The summed E-state index contributed by atoms with van der Waals surface area (Å²) < 4.78 is 1.20. The first kappa shape index (κ1) is 9.53. The van der Waals surface area contributed by atoms with Crippen LogP contribution in [0.25, 0.3) is 5.95 Å². The zero-order valence-corrected chi connectivity index (χ0v) is 8.00. The molecule has 0 bridgehead atoms. The minimum Gasteiger partial charge on any atom is -0.258 e. The molecule has 0 radical (unpaired) electrons. The van der Waals surface area contributed by atoms with Crippen molar-refractivity contribution in [1.82, 2.24) is 19.7 Å². The smallest absolute Gasteiger partial charge is 0.258 e. The molecule has 0 aliphatic rings. The Bertz CT molecular complexity index is 494. The lowest BCUT2D eigenvalue weighted by molar-refractivity contribution is -0.384. The summed E-state index contributed by atoms with van der Waals surface area (Å²) in [5.74, 6) is 0.229. The quantitative estimate of drug-likeness (QED) is 0.567. The number of hydrogen-bond donors (Lipinski definition) is 0. The molecule has 0 aromatic carbocycles. The number of hydrogen-bond acceptors (Lipinski definition) is 5. The third-order valence-electron chi connectivity index (χ3n) is 1.59. The van der Waals surface area contributed by atoms with E-state index in [1.807, 2.05) is 0 Å². The van der Waals surface area contributed by atoms with Crippen LogP contribution in [0.2, 0.25) is 5.02 Å². The van der Waals surface area contributed by atoms with Crippen molar-refractivity contribution in [2.24, 2.45) is 0 Å². The zero-order valence-electron chi connectivity index (χ0n) is 7.24. The van der Waals surface area contributed by atoms with E-state index < -0.39 is 4.92 Å². The number of nitro groups is 1. The van der Waals surface area contributed by atoms with E-state index >= 15 is 0 Å². The van der Waals surface area contributed by atoms with Gasteiger partial charge in [-0.15, -0.1) is 0 Å². The van der Waals surface area contributed by atoms with Gasteiger partial charge in [0, 0.05) is 0 Å². The number of rotatable bonds is 2. The van der Waals surface area contributed by atoms with Crippen LogP contribution in [0.1, 0.15) is 0 Å². The fourth-order valence-electron chi connectivity index (χ4n) is 0.941. The maximum atomic E-state index is 10.4. The van der Waals surface area contributed by atoms with Gasteiger partial charge < -0.3 is 0 Å². The Morgan fingerprint density at radius 1 is 1.33 bits per heavy atom. The van der Waals surface area contributed by atoms with Crippen LogP contribution < -0.4 is 0 Å². The molecule has 0 saturated heterocycles. The van der Waals surface area contributed by atoms with Gasteiger partial charge in [0.2, 0.25) is 0 Å². The summed E-state index contributed by atoms with van der Waals surface area (Å²) in [5.41, 5.74) is -0.117. The van der Waals surface area contributed by atoms with Crippen LogP contribution in [0.4, 0.5) is 5.69 Å². The molecule has 0 amide bonds. The Hall–Kier alpha value is -2.02. The molecule has 0 saturated carbocycles. The van der Waals surface area contributed by atoms with Crippen molar-refractivity contribution in [1.29, 1.82) is 0 Å².